The van der Waals surface area contributed by atoms with Crippen LogP contribution in [-0.4, -0.2) is 32.3 Å². The lowest BCUT2D eigenvalue weighted by Gasteiger charge is -2.16. The van der Waals surface area contributed by atoms with Crippen molar-refractivity contribution in [2.24, 2.45) is 0 Å². The summed E-state index contributed by atoms with van der Waals surface area (Å²) < 4.78 is 16.3. The van der Waals surface area contributed by atoms with E-state index in [1.807, 2.05) is 55.5 Å². The summed E-state index contributed by atoms with van der Waals surface area (Å²) in [5, 5.41) is 2.80. The van der Waals surface area contributed by atoms with Gasteiger partial charge in [-0.15, -0.1) is 0 Å². The number of para-hydroxylation sites is 1. The third-order valence-corrected chi connectivity index (χ3v) is 3.50. The van der Waals surface area contributed by atoms with Crippen molar-refractivity contribution < 1.29 is 19.0 Å². The summed E-state index contributed by atoms with van der Waals surface area (Å²) in [6, 6.07) is 14.9. The van der Waals surface area contributed by atoms with Crippen LogP contribution in [0.3, 0.4) is 0 Å². The Morgan fingerprint density at radius 1 is 1.08 bits per heavy atom. The molecule has 1 atom stereocenters. The van der Waals surface area contributed by atoms with Crippen LogP contribution in [0.4, 0.5) is 0 Å². The number of methoxy groups -OCH3 is 1. The molecule has 0 aliphatic heterocycles. The van der Waals surface area contributed by atoms with E-state index in [0.29, 0.717) is 13.2 Å². The lowest BCUT2D eigenvalue weighted by atomic mass is 10.2. The molecule has 1 unspecified atom stereocenters. The highest BCUT2D eigenvalue weighted by atomic mass is 16.5. The fourth-order valence-electron chi connectivity index (χ4n) is 2.09. The van der Waals surface area contributed by atoms with E-state index in [2.05, 4.69) is 5.32 Å². The van der Waals surface area contributed by atoms with E-state index < -0.39 is 6.10 Å². The second-order valence-corrected chi connectivity index (χ2v) is 5.34. The highest BCUT2D eigenvalue weighted by Gasteiger charge is 2.14. The second-order valence-electron chi connectivity index (χ2n) is 5.34. The van der Waals surface area contributed by atoms with E-state index in [1.165, 1.54) is 0 Å². The van der Waals surface area contributed by atoms with Crippen molar-refractivity contribution in [2.75, 3.05) is 20.3 Å². The minimum atomic E-state index is -0.563. The average molecular weight is 329 g/mol. The largest absolute Gasteiger partial charge is 0.497 e. The molecule has 0 aliphatic rings. The van der Waals surface area contributed by atoms with Gasteiger partial charge in [-0.05, 0) is 49.7 Å². The molecular formula is C19H23NO4. The van der Waals surface area contributed by atoms with Crippen LogP contribution in [0.5, 0.6) is 17.2 Å². The molecule has 2 aromatic rings. The van der Waals surface area contributed by atoms with Crippen LogP contribution in [-0.2, 0) is 4.79 Å². The normalized spacial score (nSPS) is 11.5. The van der Waals surface area contributed by atoms with Gasteiger partial charge >= 0.3 is 0 Å². The Labute approximate surface area is 142 Å². The first kappa shape index (κ1) is 17.7. The summed E-state index contributed by atoms with van der Waals surface area (Å²) >= 11 is 0. The number of hydrogen-bond donors (Lipinski definition) is 1. The molecule has 0 bridgehead atoms. The number of nitrogens with one attached hydrogen (secondary N) is 1. The monoisotopic (exact) mass is 329 g/mol. The third kappa shape index (κ3) is 5.19. The molecule has 2 aromatic carbocycles. The van der Waals surface area contributed by atoms with Gasteiger partial charge in [0.1, 0.15) is 23.9 Å². The van der Waals surface area contributed by atoms with Crippen LogP contribution in [0.25, 0.3) is 0 Å². The van der Waals surface area contributed by atoms with Crippen LogP contribution < -0.4 is 19.5 Å². The summed E-state index contributed by atoms with van der Waals surface area (Å²) in [6.07, 6.45) is -0.563. The van der Waals surface area contributed by atoms with Gasteiger partial charge in [-0.3, -0.25) is 4.79 Å². The summed E-state index contributed by atoms with van der Waals surface area (Å²) in [5.41, 5.74) is 1.000. The number of aryl methyl sites for hydroxylation is 1. The predicted octanol–water partition coefficient (Wildman–Crippen LogP) is 2.97. The molecule has 0 spiro atoms. The number of rotatable bonds is 8. The zero-order valence-corrected chi connectivity index (χ0v) is 14.2. The van der Waals surface area contributed by atoms with E-state index in [0.717, 1.165) is 22.8 Å². The van der Waals surface area contributed by atoms with Gasteiger partial charge < -0.3 is 19.5 Å². The third-order valence-electron chi connectivity index (χ3n) is 3.50. The first-order chi connectivity index (χ1) is 11.6. The topological polar surface area (TPSA) is 56.8 Å². The van der Waals surface area contributed by atoms with Crippen LogP contribution in [0.1, 0.15) is 12.5 Å². The standard InChI is InChI=1S/C19H23NO4/c1-14-6-4-5-7-18(14)24-15(2)19(21)20-12-13-23-17-10-8-16(22-3)9-11-17/h4-11,15H,12-13H2,1-3H3,(H,20,21). The molecule has 5 nitrogen and oxygen atoms in total. The number of amides is 1. The molecule has 2 rings (SSSR count). The van der Waals surface area contributed by atoms with Crippen molar-refractivity contribution in [1.29, 1.82) is 0 Å². The molecule has 1 amide bonds. The van der Waals surface area contributed by atoms with Crippen molar-refractivity contribution in [1.82, 2.24) is 5.32 Å². The Morgan fingerprint density at radius 3 is 2.42 bits per heavy atom. The minimum Gasteiger partial charge on any atom is -0.497 e. The molecule has 0 saturated heterocycles. The highest BCUT2D eigenvalue weighted by Crippen LogP contribution is 2.18. The van der Waals surface area contributed by atoms with E-state index in [1.54, 1.807) is 14.0 Å². The molecule has 0 heterocycles. The van der Waals surface area contributed by atoms with Gasteiger partial charge in [0, 0.05) is 0 Å². The van der Waals surface area contributed by atoms with Gasteiger partial charge in [-0.2, -0.15) is 0 Å². The van der Waals surface area contributed by atoms with Gasteiger partial charge in [-0.25, -0.2) is 0 Å². The molecule has 0 radical (unpaired) electrons. The Balaban J connectivity index is 1.71. The maximum absolute atomic E-state index is 12.0. The number of hydrogen-bond acceptors (Lipinski definition) is 4. The summed E-state index contributed by atoms with van der Waals surface area (Å²) in [4.78, 5) is 12.0. The van der Waals surface area contributed by atoms with Crippen molar-refractivity contribution in [3.8, 4) is 17.2 Å². The smallest absolute Gasteiger partial charge is 0.260 e. The van der Waals surface area contributed by atoms with Crippen molar-refractivity contribution >= 4 is 5.91 Å². The summed E-state index contributed by atoms with van der Waals surface area (Å²) in [6.45, 7) is 4.47. The van der Waals surface area contributed by atoms with E-state index in [-0.39, 0.29) is 5.91 Å². The maximum atomic E-state index is 12.0. The van der Waals surface area contributed by atoms with Crippen LogP contribution in [0.15, 0.2) is 48.5 Å². The SMILES string of the molecule is COc1ccc(OCCNC(=O)C(C)Oc2ccccc2C)cc1. The first-order valence-corrected chi connectivity index (χ1v) is 7.87. The second kappa shape index (κ2) is 8.82. The Hall–Kier alpha value is -2.69. The molecule has 0 saturated carbocycles. The van der Waals surface area contributed by atoms with E-state index >= 15 is 0 Å². The summed E-state index contributed by atoms with van der Waals surface area (Å²) in [5.74, 6) is 2.05. The minimum absolute atomic E-state index is 0.170. The Kier molecular flexibility index (Phi) is 6.49. The zero-order chi connectivity index (χ0) is 17.4. The molecule has 1 N–H and O–H groups in total. The molecular weight excluding hydrogens is 306 g/mol. The molecule has 0 fully saturated rings. The highest BCUT2D eigenvalue weighted by molar-refractivity contribution is 5.80. The average Bonchev–Trinajstić information content (AvgIpc) is 2.61. The van der Waals surface area contributed by atoms with Crippen LogP contribution >= 0.6 is 0 Å². The lowest BCUT2D eigenvalue weighted by Crippen LogP contribution is -2.38. The summed E-state index contributed by atoms with van der Waals surface area (Å²) in [7, 11) is 1.62. The maximum Gasteiger partial charge on any atom is 0.260 e. The molecule has 128 valence electrons. The molecule has 0 aromatic heterocycles. The van der Waals surface area contributed by atoms with Crippen molar-refractivity contribution in [2.45, 2.75) is 20.0 Å². The number of carbonyl (C=O) groups is 1. The zero-order valence-electron chi connectivity index (χ0n) is 14.2. The van der Waals surface area contributed by atoms with Gasteiger partial charge in [0.25, 0.3) is 5.91 Å². The lowest BCUT2D eigenvalue weighted by molar-refractivity contribution is -0.127. The Morgan fingerprint density at radius 2 is 1.75 bits per heavy atom. The number of ether oxygens (including phenoxy) is 3. The van der Waals surface area contributed by atoms with Gasteiger partial charge in [0.05, 0.1) is 13.7 Å². The molecule has 0 aliphatic carbocycles. The van der Waals surface area contributed by atoms with Crippen LogP contribution in [0.2, 0.25) is 0 Å². The van der Waals surface area contributed by atoms with Gasteiger partial charge in [0.2, 0.25) is 0 Å². The van der Waals surface area contributed by atoms with Crippen molar-refractivity contribution in [3.63, 3.8) is 0 Å². The fraction of sp³-hybridized carbons (Fsp3) is 0.316. The number of benzene rings is 2. The van der Waals surface area contributed by atoms with E-state index in [9.17, 15) is 4.79 Å². The number of carbonyl (C=O) groups excluding carboxylic acids is 1. The fourth-order valence-corrected chi connectivity index (χ4v) is 2.09. The molecule has 5 heteroatoms. The van der Waals surface area contributed by atoms with Crippen LogP contribution in [0, 0.1) is 6.92 Å². The van der Waals surface area contributed by atoms with Gasteiger partial charge in [0.15, 0.2) is 6.10 Å². The van der Waals surface area contributed by atoms with Crippen molar-refractivity contribution in [3.05, 3.63) is 54.1 Å². The predicted molar refractivity (Wildman–Crippen MR) is 92.8 cm³/mol. The van der Waals surface area contributed by atoms with Gasteiger partial charge in [-0.1, -0.05) is 18.2 Å². The van der Waals surface area contributed by atoms with E-state index in [4.69, 9.17) is 14.2 Å². The quantitative estimate of drug-likeness (QED) is 0.757. The molecule has 24 heavy (non-hydrogen) atoms. The first-order valence-electron chi connectivity index (χ1n) is 7.87. The Bertz CT molecular complexity index is 655.